The lowest BCUT2D eigenvalue weighted by atomic mass is 9.85. The highest BCUT2D eigenvalue weighted by atomic mass is 16.5. The molecular weight excluding hydrogens is 202 g/mol. The molecule has 1 unspecified atom stereocenters. The Hall–Kier alpha value is -0.120. The van der Waals surface area contributed by atoms with Crippen molar-refractivity contribution in [3.05, 3.63) is 0 Å². The Bertz CT molecular complexity index is 188. The van der Waals surface area contributed by atoms with Crippen molar-refractivity contribution in [1.29, 1.82) is 0 Å². The molecule has 1 N–H and O–H groups in total. The van der Waals surface area contributed by atoms with Gasteiger partial charge >= 0.3 is 0 Å². The summed E-state index contributed by atoms with van der Waals surface area (Å²) in [5.74, 6) is 0.783. The fourth-order valence-electron chi connectivity index (χ4n) is 2.54. The lowest BCUT2D eigenvalue weighted by Gasteiger charge is -2.37. The summed E-state index contributed by atoms with van der Waals surface area (Å²) in [4.78, 5) is 0. The molecule has 1 fully saturated rings. The first-order valence-corrected chi connectivity index (χ1v) is 6.49. The van der Waals surface area contributed by atoms with Crippen molar-refractivity contribution in [2.24, 2.45) is 5.92 Å². The second-order valence-corrected chi connectivity index (χ2v) is 5.17. The zero-order chi connectivity index (χ0) is 12.0. The van der Waals surface area contributed by atoms with Crippen LogP contribution in [0.5, 0.6) is 0 Å². The fourth-order valence-corrected chi connectivity index (χ4v) is 2.54. The van der Waals surface area contributed by atoms with Gasteiger partial charge in [-0.1, -0.05) is 0 Å². The second-order valence-electron chi connectivity index (χ2n) is 5.17. The van der Waals surface area contributed by atoms with Gasteiger partial charge in [-0.15, -0.1) is 0 Å². The maximum atomic E-state index is 5.83. The Morgan fingerprint density at radius 3 is 2.50 bits per heavy atom. The third-order valence-corrected chi connectivity index (χ3v) is 3.61. The monoisotopic (exact) mass is 229 g/mol. The zero-order valence-electron chi connectivity index (χ0n) is 11.2. The molecule has 0 aromatic rings. The largest absolute Gasteiger partial charge is 0.381 e. The summed E-state index contributed by atoms with van der Waals surface area (Å²) in [7, 11) is 2.03. The normalized spacial score (nSPS) is 21.0. The van der Waals surface area contributed by atoms with Crippen molar-refractivity contribution >= 4 is 0 Å². The topological polar surface area (TPSA) is 30.5 Å². The maximum Gasteiger partial charge on any atom is 0.0778 e. The van der Waals surface area contributed by atoms with Crippen molar-refractivity contribution in [2.75, 3.05) is 26.9 Å². The molecule has 3 heteroatoms. The number of rotatable bonds is 6. The molecule has 0 saturated carbocycles. The average molecular weight is 229 g/mol. The van der Waals surface area contributed by atoms with Gasteiger partial charge in [0, 0.05) is 25.9 Å². The van der Waals surface area contributed by atoms with E-state index in [1.165, 1.54) is 19.3 Å². The van der Waals surface area contributed by atoms with E-state index in [4.69, 9.17) is 9.47 Å². The van der Waals surface area contributed by atoms with Crippen LogP contribution in [-0.4, -0.2) is 38.5 Å². The van der Waals surface area contributed by atoms with Gasteiger partial charge in [-0.05, 0) is 53.0 Å². The van der Waals surface area contributed by atoms with Crippen molar-refractivity contribution in [2.45, 2.75) is 51.7 Å². The maximum absolute atomic E-state index is 5.83. The molecule has 0 radical (unpaired) electrons. The van der Waals surface area contributed by atoms with Crippen LogP contribution in [0, 0.1) is 5.92 Å². The second kappa shape index (κ2) is 6.58. The quantitative estimate of drug-likeness (QED) is 0.757. The minimum absolute atomic E-state index is 0.0815. The Labute approximate surface area is 99.9 Å². The lowest BCUT2D eigenvalue weighted by Crippen LogP contribution is -2.48. The van der Waals surface area contributed by atoms with E-state index in [2.05, 4.69) is 26.1 Å². The van der Waals surface area contributed by atoms with Crippen LogP contribution < -0.4 is 5.32 Å². The molecule has 1 atom stereocenters. The van der Waals surface area contributed by atoms with Gasteiger partial charge in [-0.25, -0.2) is 0 Å². The standard InChI is InChI=1S/C13H27NO2/c1-5-16-13(2,3)12(14-4)10-11-6-8-15-9-7-11/h11-12,14H,5-10H2,1-4H3. The molecule has 0 aliphatic carbocycles. The fraction of sp³-hybridized carbons (Fsp3) is 1.00. The van der Waals surface area contributed by atoms with Crippen LogP contribution in [0.4, 0.5) is 0 Å². The molecule has 96 valence electrons. The third kappa shape index (κ3) is 4.04. The van der Waals surface area contributed by atoms with E-state index in [0.717, 1.165) is 25.7 Å². The molecule has 0 spiro atoms. The Morgan fingerprint density at radius 2 is 2.00 bits per heavy atom. The van der Waals surface area contributed by atoms with Gasteiger partial charge in [0.15, 0.2) is 0 Å². The van der Waals surface area contributed by atoms with Crippen LogP contribution in [-0.2, 0) is 9.47 Å². The minimum atomic E-state index is -0.0815. The average Bonchev–Trinajstić information content (AvgIpc) is 2.27. The third-order valence-electron chi connectivity index (χ3n) is 3.61. The number of hydrogen-bond acceptors (Lipinski definition) is 3. The molecule has 0 aromatic heterocycles. The van der Waals surface area contributed by atoms with Gasteiger partial charge in [0.25, 0.3) is 0 Å². The van der Waals surface area contributed by atoms with Gasteiger partial charge in [0.2, 0.25) is 0 Å². The highest BCUT2D eigenvalue weighted by Crippen LogP contribution is 2.26. The van der Waals surface area contributed by atoms with E-state index in [0.29, 0.717) is 6.04 Å². The van der Waals surface area contributed by atoms with Crippen molar-refractivity contribution < 1.29 is 9.47 Å². The number of nitrogens with one attached hydrogen (secondary N) is 1. The van der Waals surface area contributed by atoms with Crippen LogP contribution in [0.25, 0.3) is 0 Å². The van der Waals surface area contributed by atoms with E-state index < -0.39 is 0 Å². The van der Waals surface area contributed by atoms with E-state index >= 15 is 0 Å². The van der Waals surface area contributed by atoms with Gasteiger partial charge in [-0.3, -0.25) is 0 Å². The summed E-state index contributed by atoms with van der Waals surface area (Å²) in [5.41, 5.74) is -0.0815. The highest BCUT2D eigenvalue weighted by molar-refractivity contribution is 4.87. The molecule has 1 aliphatic rings. The van der Waals surface area contributed by atoms with Gasteiger partial charge in [0.1, 0.15) is 0 Å². The Balaban J connectivity index is 2.46. The van der Waals surface area contributed by atoms with Crippen LogP contribution in [0.15, 0.2) is 0 Å². The molecule has 3 nitrogen and oxygen atoms in total. The molecular formula is C13H27NO2. The summed E-state index contributed by atoms with van der Waals surface area (Å²) in [6.45, 7) is 9.04. The van der Waals surface area contributed by atoms with E-state index in [9.17, 15) is 0 Å². The van der Waals surface area contributed by atoms with Crippen LogP contribution in [0.2, 0.25) is 0 Å². The molecule has 0 amide bonds. The number of hydrogen-bond donors (Lipinski definition) is 1. The van der Waals surface area contributed by atoms with Crippen LogP contribution in [0.3, 0.4) is 0 Å². The molecule has 0 bridgehead atoms. The Morgan fingerprint density at radius 1 is 1.38 bits per heavy atom. The van der Waals surface area contributed by atoms with Crippen LogP contribution in [0.1, 0.15) is 40.0 Å². The van der Waals surface area contributed by atoms with Gasteiger partial charge in [-0.2, -0.15) is 0 Å². The van der Waals surface area contributed by atoms with Crippen molar-refractivity contribution in [3.63, 3.8) is 0 Å². The summed E-state index contributed by atoms with van der Waals surface area (Å²) in [6, 6.07) is 0.426. The van der Waals surface area contributed by atoms with Gasteiger partial charge in [0.05, 0.1) is 5.60 Å². The Kier molecular flexibility index (Phi) is 5.73. The minimum Gasteiger partial charge on any atom is -0.381 e. The van der Waals surface area contributed by atoms with E-state index in [1.54, 1.807) is 0 Å². The molecule has 1 aliphatic heterocycles. The summed E-state index contributed by atoms with van der Waals surface area (Å²) < 4.78 is 11.2. The summed E-state index contributed by atoms with van der Waals surface area (Å²) in [5, 5.41) is 3.41. The molecule has 1 heterocycles. The van der Waals surface area contributed by atoms with Gasteiger partial charge < -0.3 is 14.8 Å². The summed E-state index contributed by atoms with van der Waals surface area (Å²) >= 11 is 0. The molecule has 1 rings (SSSR count). The molecule has 1 saturated heterocycles. The summed E-state index contributed by atoms with van der Waals surface area (Å²) in [6.07, 6.45) is 3.58. The van der Waals surface area contributed by atoms with Crippen LogP contribution >= 0.6 is 0 Å². The number of ether oxygens (including phenoxy) is 2. The highest BCUT2D eigenvalue weighted by Gasteiger charge is 2.31. The zero-order valence-corrected chi connectivity index (χ0v) is 11.2. The first-order valence-electron chi connectivity index (χ1n) is 6.49. The SMILES string of the molecule is CCOC(C)(C)C(CC1CCOCC1)NC. The predicted octanol–water partition coefficient (Wildman–Crippen LogP) is 2.21. The van der Waals surface area contributed by atoms with E-state index in [-0.39, 0.29) is 5.60 Å². The predicted molar refractivity (Wildman–Crippen MR) is 66.7 cm³/mol. The first kappa shape index (κ1) is 13.9. The smallest absolute Gasteiger partial charge is 0.0778 e. The van der Waals surface area contributed by atoms with Crippen molar-refractivity contribution in [3.8, 4) is 0 Å². The number of likely N-dealkylation sites (N-methyl/N-ethyl adjacent to an activating group) is 1. The van der Waals surface area contributed by atoms with Crippen molar-refractivity contribution in [1.82, 2.24) is 5.32 Å². The molecule has 0 aromatic carbocycles. The molecule has 16 heavy (non-hydrogen) atoms. The first-order chi connectivity index (χ1) is 7.60. The van der Waals surface area contributed by atoms with E-state index in [1.807, 2.05) is 7.05 Å². The lowest BCUT2D eigenvalue weighted by molar-refractivity contribution is -0.0465.